The average Bonchev–Trinajstić information content (AvgIpc) is 1.69. The monoisotopic (exact) mass is 1450 g/mol. The number of thioether (sulfide) groups is 1. The molecular weight excluding hydrogens is 1340 g/mol. The number of carbonyl (C=O) groups is 8. The number of aromatic amines is 1. The molecule has 5 aromatic carbocycles. The van der Waals surface area contributed by atoms with Crippen molar-refractivity contribution in [2.24, 2.45) is 51.8 Å². The first-order valence-electron chi connectivity index (χ1n) is 38.0. The van der Waals surface area contributed by atoms with Gasteiger partial charge in [0.25, 0.3) is 0 Å². The van der Waals surface area contributed by atoms with Crippen molar-refractivity contribution in [3.63, 3.8) is 0 Å². The number of aliphatic imine (C=N–C) groups is 1. The number of amides is 3. The number of piperidine rings is 1. The summed E-state index contributed by atoms with van der Waals surface area (Å²) in [7, 11) is 2.26. The van der Waals surface area contributed by atoms with Gasteiger partial charge in [-0.25, -0.2) is 4.39 Å². The molecule has 2 aliphatic heterocycles. The maximum absolute atomic E-state index is 15.5. The Balaban J connectivity index is 0.960. The highest BCUT2D eigenvalue weighted by Crippen LogP contribution is 2.49. The van der Waals surface area contributed by atoms with Crippen LogP contribution in [0.25, 0.3) is 16.5 Å². The molecule has 10 rings (SSSR count). The van der Waals surface area contributed by atoms with Gasteiger partial charge in [-0.2, -0.15) is 11.8 Å². The number of benzene rings is 5. The number of nitrogens with zero attached hydrogens (tertiary/aromatic N) is 2. The van der Waals surface area contributed by atoms with Gasteiger partial charge in [-0.1, -0.05) is 141 Å². The van der Waals surface area contributed by atoms with Crippen LogP contribution in [-0.2, 0) is 70.5 Å². The van der Waals surface area contributed by atoms with E-state index in [0.29, 0.717) is 87.2 Å². The minimum atomic E-state index is -1.52. The molecule has 21 heteroatoms. The highest BCUT2D eigenvalue weighted by Gasteiger charge is 2.42. The van der Waals surface area contributed by atoms with Gasteiger partial charge in [0.15, 0.2) is 29.1 Å². The van der Waals surface area contributed by atoms with Crippen LogP contribution in [-0.4, -0.2) is 149 Å². The summed E-state index contributed by atoms with van der Waals surface area (Å²) in [5, 5.41) is 24.7. The molecule has 6 aromatic rings. The normalized spacial score (nSPS) is 24.9. The second-order valence-corrected chi connectivity index (χ2v) is 30.8. The Morgan fingerprint density at radius 1 is 0.657 bits per heavy atom. The number of hydrogen-bond donors (Lipinski definition) is 9. The molecule has 1 aromatic heterocycles. The molecule has 2 aliphatic carbocycles. The Kier molecular flexibility index (Phi) is 29.5. The van der Waals surface area contributed by atoms with Crippen LogP contribution >= 0.6 is 11.8 Å². The van der Waals surface area contributed by atoms with E-state index in [0.717, 1.165) is 53.6 Å². The highest BCUT2D eigenvalue weighted by molar-refractivity contribution is 7.99. The number of unbranched alkanes of at least 4 members (excludes halogenated alkanes) is 1. The maximum atomic E-state index is 15.5. The topological polar surface area (TPSA) is 314 Å². The van der Waals surface area contributed by atoms with Crippen LogP contribution in [0.4, 0.5) is 4.39 Å². The van der Waals surface area contributed by atoms with E-state index in [4.69, 9.17) is 17.2 Å². The van der Waals surface area contributed by atoms with Crippen LogP contribution in [0.3, 0.4) is 0 Å². The Labute approximate surface area is 621 Å². The van der Waals surface area contributed by atoms with Crippen molar-refractivity contribution in [3.8, 4) is 0 Å². The number of nitrogens with one attached hydrogen (secondary N) is 5. The molecular formula is C84H107FN10O9S. The Morgan fingerprint density at radius 2 is 1.30 bits per heavy atom. The molecule has 105 heavy (non-hydrogen) atoms. The quantitative estimate of drug-likeness (QED) is 0.0164. The van der Waals surface area contributed by atoms with E-state index in [1.54, 1.807) is 18.3 Å². The second kappa shape index (κ2) is 39.2. The van der Waals surface area contributed by atoms with Gasteiger partial charge in [0.2, 0.25) is 17.7 Å². The predicted octanol–water partition coefficient (Wildman–Crippen LogP) is 9.57. The lowest BCUT2D eigenvalue weighted by Crippen LogP contribution is -2.51. The van der Waals surface area contributed by atoms with Crippen molar-refractivity contribution in [1.82, 2.24) is 31.2 Å². The summed E-state index contributed by atoms with van der Waals surface area (Å²) < 4.78 is 15.5. The van der Waals surface area contributed by atoms with E-state index >= 15 is 28.4 Å². The number of guanidine groups is 1. The maximum Gasteiger partial charge on any atom is 0.224 e. The smallest absolute Gasteiger partial charge is 0.224 e. The minimum Gasteiger partial charge on any atom is -0.391 e. The molecule has 12 N–H and O–H groups in total. The van der Waals surface area contributed by atoms with Gasteiger partial charge in [0.05, 0.1) is 24.2 Å². The van der Waals surface area contributed by atoms with E-state index in [1.807, 2.05) is 96.7 Å². The molecule has 2 fully saturated rings. The number of hydrogen-bond acceptors (Lipinski definition) is 14. The first kappa shape index (κ1) is 79.1. The molecule has 0 saturated carbocycles. The van der Waals surface area contributed by atoms with Crippen LogP contribution in [0, 0.1) is 35.4 Å². The van der Waals surface area contributed by atoms with E-state index < -0.39 is 108 Å². The Hall–Kier alpha value is -8.47. The number of para-hydroxylation sites is 1. The summed E-state index contributed by atoms with van der Waals surface area (Å²) in [6.45, 7) is 3.31. The lowest BCUT2D eigenvalue weighted by molar-refractivity contribution is -0.136. The Morgan fingerprint density at radius 3 is 2.03 bits per heavy atom. The van der Waals surface area contributed by atoms with Gasteiger partial charge < -0.3 is 53.5 Å². The average molecular weight is 1450 g/mol. The van der Waals surface area contributed by atoms with Gasteiger partial charge >= 0.3 is 0 Å². The molecule has 0 unspecified atom stereocenters. The zero-order valence-corrected chi connectivity index (χ0v) is 61.7. The summed E-state index contributed by atoms with van der Waals surface area (Å²) in [6.07, 6.45) is 7.74. The predicted molar refractivity (Wildman–Crippen MR) is 412 cm³/mol. The zero-order valence-electron chi connectivity index (χ0n) is 60.9. The Bertz CT molecular complexity index is 4010. The summed E-state index contributed by atoms with van der Waals surface area (Å²) in [4.78, 5) is 131. The summed E-state index contributed by atoms with van der Waals surface area (Å²) in [5.41, 5.74) is 26.6. The fourth-order valence-electron chi connectivity index (χ4n) is 16.2. The number of nitrogens with two attached hydrogens (primary N) is 3. The molecule has 3 amide bonds. The number of rotatable bonds is 23. The summed E-state index contributed by atoms with van der Waals surface area (Å²) >= 11 is 1.86. The van der Waals surface area contributed by atoms with E-state index in [2.05, 4.69) is 67.5 Å². The molecule has 560 valence electrons. The van der Waals surface area contributed by atoms with Crippen molar-refractivity contribution >= 4 is 80.8 Å². The number of aliphatic hydroxyl groups excluding tert-OH is 1. The van der Waals surface area contributed by atoms with Crippen molar-refractivity contribution < 1.29 is 47.9 Å². The van der Waals surface area contributed by atoms with Gasteiger partial charge in [-0.3, -0.25) is 43.3 Å². The number of allylic oxidation sites excluding steroid dienone is 1. The summed E-state index contributed by atoms with van der Waals surface area (Å²) in [6, 6.07) is 34.5. The molecule has 4 aliphatic rings. The van der Waals surface area contributed by atoms with Gasteiger partial charge in [0.1, 0.15) is 17.6 Å². The van der Waals surface area contributed by atoms with E-state index in [1.165, 1.54) is 41.3 Å². The highest BCUT2D eigenvalue weighted by atomic mass is 32.2. The van der Waals surface area contributed by atoms with Crippen molar-refractivity contribution in [1.29, 1.82) is 0 Å². The molecule has 0 spiro atoms. The van der Waals surface area contributed by atoms with Crippen LogP contribution in [0.5, 0.6) is 0 Å². The molecule has 0 radical (unpaired) electrons. The van der Waals surface area contributed by atoms with Crippen LogP contribution < -0.4 is 38.5 Å². The zero-order chi connectivity index (χ0) is 74.4. The van der Waals surface area contributed by atoms with Gasteiger partial charge in [-0.15, -0.1) is 0 Å². The van der Waals surface area contributed by atoms with Crippen molar-refractivity contribution in [2.75, 3.05) is 44.7 Å². The number of carbonyl (C=O) groups excluding carboxylic acids is 8. The number of likely N-dealkylation sites (N-methyl/N-ethyl adjacent to an activating group) is 1. The van der Waals surface area contributed by atoms with Crippen LogP contribution in [0.15, 0.2) is 145 Å². The lowest BCUT2D eigenvalue weighted by atomic mass is 9.70. The number of ketones is 5. The van der Waals surface area contributed by atoms with Gasteiger partial charge in [0, 0.05) is 117 Å². The first-order chi connectivity index (χ1) is 50.8. The third-order valence-corrected chi connectivity index (χ3v) is 23.1. The largest absolute Gasteiger partial charge is 0.391 e. The molecule has 12 atom stereocenters. The lowest BCUT2D eigenvalue weighted by Gasteiger charge is -2.46. The molecule has 19 nitrogen and oxygen atoms in total. The van der Waals surface area contributed by atoms with Gasteiger partial charge in [-0.05, 0) is 166 Å². The fraction of sp³-hybridized carbons (Fsp3) is 0.488. The standard InChI is InChI=1S/C84H107FN10O9S/c1-53(96)80-78(101)48-62(43-58-24-12-14-30-68(58)85)74(97)33-11-5-10-32-70(89-38-39-105-52-56-41-67-66-29-18-26-57-34-35-59(79(57)66)45-73(67)95(2)51-56)75(98)46-61(27-19-37-90-84(87)88)81(102)92-71(42-55-22-8-4-9-23-55)77(100)49-63(40-54-20-6-3-7-21-54)83(104)93-72(44-64-50-91-69-31-15-13-28-65(64)69)76(99)47-60(82(103)94-80)25-16-17-36-86/h3-4,6-9,12-15,18,20-24,26,28-31,35,50,53,56,60-63,67,70-73,80,89,91,96H,5,10-11,16-17,19,25,27,32-34,36-49,51-52,86H2,1-2H3,(H,92,102)(H,93,104)(H,94,103)(H4,87,88,90)/t53-,56-,60-,61-,62-,63-,67-,70-,71+,72-,73-,80+/m1/s1. The van der Waals surface area contributed by atoms with E-state index in [-0.39, 0.29) is 87.4 Å². The number of Topliss-reactive ketones (excluding diaryl/α,β-unsaturated/α-hetero) is 5. The van der Waals surface area contributed by atoms with Crippen LogP contribution in [0.2, 0.25) is 0 Å². The molecule has 3 heterocycles. The number of halogens is 1. The van der Waals surface area contributed by atoms with E-state index in [9.17, 15) is 19.5 Å². The molecule has 0 bridgehead atoms. The number of H-pyrrole nitrogens is 1. The number of aliphatic hydroxyl groups is 1. The van der Waals surface area contributed by atoms with Crippen molar-refractivity contribution in [2.45, 2.75) is 184 Å². The fourth-order valence-corrected chi connectivity index (χ4v) is 17.2. The minimum absolute atomic E-state index is 0.0127. The third kappa shape index (κ3) is 22.3. The third-order valence-electron chi connectivity index (χ3n) is 21.9. The SMILES string of the molecule is C[C@@H](O)[C@@H]1NC(=O)[C@H](CCCCN)CC(=O)[C@@H](Cc2c[nH]c3ccccc23)NC(=O)[C@H](Cc2ccccc2)CC(=O)[C@H](Cc2ccccc2)NC(=O)[C@H](CCCN=C(N)N)CC(=O)[C@H](NCCSC[C@@H]2C[C@@H]3c4cccc5c4C(=CC5)C[C@H]3N(C)C2)CCCCCC(=O)[C@H](Cc2ccccc2F)CC1=O. The second-order valence-electron chi connectivity index (χ2n) is 29.7. The number of fused-ring (bicyclic) bond motifs is 3. The van der Waals surface area contributed by atoms with Crippen LogP contribution in [0.1, 0.15) is 155 Å². The number of aromatic nitrogens is 1. The number of likely N-dealkylation sites (tertiary alicyclic amines) is 1. The van der Waals surface area contributed by atoms with Crippen molar-refractivity contribution in [3.05, 3.63) is 184 Å². The summed E-state index contributed by atoms with van der Waals surface area (Å²) in [5.74, 6) is -6.30. The first-order valence-corrected chi connectivity index (χ1v) is 39.1. The molecule has 2 saturated heterocycles.